The summed E-state index contributed by atoms with van der Waals surface area (Å²) in [5.41, 5.74) is 1.34. The van der Waals surface area contributed by atoms with Gasteiger partial charge in [-0.3, -0.25) is 10.1 Å². The maximum Gasteiger partial charge on any atom is 0.293 e. The van der Waals surface area contributed by atoms with Crippen LogP contribution >= 0.6 is 0 Å². The molecule has 0 spiro atoms. The Kier molecular flexibility index (Phi) is 6.36. The smallest absolute Gasteiger partial charge is 0.293 e. The molecule has 0 aliphatic carbocycles. The van der Waals surface area contributed by atoms with Crippen molar-refractivity contribution < 1.29 is 9.31 Å². The van der Waals surface area contributed by atoms with E-state index in [-0.39, 0.29) is 40.8 Å². The van der Waals surface area contributed by atoms with Crippen molar-refractivity contribution in [1.29, 1.82) is 10.5 Å². The average Bonchev–Trinajstić information content (AvgIpc) is 2.77. The van der Waals surface area contributed by atoms with Crippen LogP contribution in [0.1, 0.15) is 28.2 Å². The van der Waals surface area contributed by atoms with E-state index in [0.717, 1.165) is 11.6 Å². The Morgan fingerprint density at radius 2 is 1.63 bits per heavy atom. The summed E-state index contributed by atoms with van der Waals surface area (Å²) in [6.07, 6.45) is 0.388. The largest absolute Gasteiger partial charge is 0.379 e. The van der Waals surface area contributed by atoms with Crippen LogP contribution in [0.3, 0.4) is 0 Å². The van der Waals surface area contributed by atoms with E-state index in [0.29, 0.717) is 12.0 Å². The SMILES string of the molecule is N#Cc1cc(NCC(Cc2ccccc2F)c2ccccc2)c([N+](=O)[O-])cc1C#N. The number of nitriles is 2. The molecule has 30 heavy (non-hydrogen) atoms. The fraction of sp³-hybridized carbons (Fsp3) is 0.130. The zero-order chi connectivity index (χ0) is 21.5. The van der Waals surface area contributed by atoms with Crippen LogP contribution in [-0.4, -0.2) is 11.5 Å². The van der Waals surface area contributed by atoms with Gasteiger partial charge < -0.3 is 5.32 Å². The van der Waals surface area contributed by atoms with Crippen LogP contribution < -0.4 is 5.32 Å². The highest BCUT2D eigenvalue weighted by Gasteiger charge is 2.21. The number of nitrogens with zero attached hydrogens (tertiary/aromatic N) is 3. The van der Waals surface area contributed by atoms with E-state index in [1.165, 1.54) is 12.1 Å². The lowest BCUT2D eigenvalue weighted by molar-refractivity contribution is -0.384. The second-order valence-corrected chi connectivity index (χ2v) is 6.68. The molecule has 7 heteroatoms. The first-order valence-electron chi connectivity index (χ1n) is 9.18. The van der Waals surface area contributed by atoms with Gasteiger partial charge in [0.15, 0.2) is 0 Å². The summed E-state index contributed by atoms with van der Waals surface area (Å²) in [5, 5.41) is 32.9. The van der Waals surface area contributed by atoms with Gasteiger partial charge in [0.2, 0.25) is 0 Å². The zero-order valence-corrected chi connectivity index (χ0v) is 15.9. The van der Waals surface area contributed by atoms with Crippen LogP contribution in [-0.2, 0) is 6.42 Å². The molecule has 0 aliphatic rings. The highest BCUT2D eigenvalue weighted by molar-refractivity contribution is 5.68. The molecule has 3 rings (SSSR count). The predicted octanol–water partition coefficient (Wildman–Crippen LogP) is 4.92. The van der Waals surface area contributed by atoms with Crippen molar-refractivity contribution in [3.8, 4) is 12.1 Å². The monoisotopic (exact) mass is 400 g/mol. The van der Waals surface area contributed by atoms with Gasteiger partial charge in [-0.05, 0) is 29.7 Å². The molecular weight excluding hydrogens is 383 g/mol. The number of nitrogens with one attached hydrogen (secondary N) is 1. The van der Waals surface area contributed by atoms with E-state index in [9.17, 15) is 19.8 Å². The summed E-state index contributed by atoms with van der Waals surface area (Å²) >= 11 is 0. The molecule has 0 radical (unpaired) electrons. The Balaban J connectivity index is 1.93. The molecule has 1 N–H and O–H groups in total. The minimum absolute atomic E-state index is 0.0518. The fourth-order valence-electron chi connectivity index (χ4n) is 3.26. The molecule has 0 bridgehead atoms. The van der Waals surface area contributed by atoms with Crippen molar-refractivity contribution in [1.82, 2.24) is 0 Å². The molecule has 148 valence electrons. The summed E-state index contributed by atoms with van der Waals surface area (Å²) in [6.45, 7) is 0.274. The topological polar surface area (TPSA) is 103 Å². The molecule has 0 aliphatic heterocycles. The van der Waals surface area contributed by atoms with Crippen LogP contribution in [0.25, 0.3) is 0 Å². The van der Waals surface area contributed by atoms with E-state index in [2.05, 4.69) is 5.32 Å². The number of hydrogen-bond donors (Lipinski definition) is 1. The second-order valence-electron chi connectivity index (χ2n) is 6.68. The van der Waals surface area contributed by atoms with Gasteiger partial charge in [-0.25, -0.2) is 4.39 Å². The van der Waals surface area contributed by atoms with E-state index in [4.69, 9.17) is 5.26 Å². The molecule has 3 aromatic rings. The van der Waals surface area contributed by atoms with Crippen LogP contribution in [0.5, 0.6) is 0 Å². The summed E-state index contributed by atoms with van der Waals surface area (Å²) in [7, 11) is 0. The third kappa shape index (κ3) is 4.60. The van der Waals surface area contributed by atoms with Gasteiger partial charge in [-0.15, -0.1) is 0 Å². The predicted molar refractivity (Wildman–Crippen MR) is 110 cm³/mol. The van der Waals surface area contributed by atoms with Gasteiger partial charge >= 0.3 is 0 Å². The number of hydrogen-bond acceptors (Lipinski definition) is 5. The molecule has 1 atom stereocenters. The van der Waals surface area contributed by atoms with Gasteiger partial charge in [0.25, 0.3) is 5.69 Å². The van der Waals surface area contributed by atoms with Crippen molar-refractivity contribution in [2.45, 2.75) is 12.3 Å². The number of nitro benzene ring substituents is 1. The number of rotatable bonds is 7. The molecule has 0 saturated carbocycles. The quantitative estimate of drug-likeness (QED) is 0.448. The van der Waals surface area contributed by atoms with E-state index in [1.54, 1.807) is 24.3 Å². The van der Waals surface area contributed by atoms with E-state index >= 15 is 0 Å². The minimum atomic E-state index is -0.598. The van der Waals surface area contributed by atoms with Gasteiger partial charge in [0, 0.05) is 18.5 Å². The number of halogens is 1. The molecule has 0 amide bonds. The minimum Gasteiger partial charge on any atom is -0.379 e. The lowest BCUT2D eigenvalue weighted by Gasteiger charge is -2.19. The lowest BCUT2D eigenvalue weighted by atomic mass is 9.91. The zero-order valence-electron chi connectivity index (χ0n) is 15.9. The Bertz CT molecular complexity index is 1150. The summed E-state index contributed by atoms with van der Waals surface area (Å²) in [5.74, 6) is -0.488. The third-order valence-corrected chi connectivity index (χ3v) is 4.81. The Hall–Kier alpha value is -4.23. The van der Waals surface area contributed by atoms with Crippen molar-refractivity contribution >= 4 is 11.4 Å². The fourth-order valence-corrected chi connectivity index (χ4v) is 3.26. The maximum absolute atomic E-state index is 14.2. The standard InChI is InChI=1S/C23H17FN4O2/c24-21-9-5-4-8-17(21)10-20(16-6-2-1-3-7-16)15-27-22-11-18(13-25)19(14-26)12-23(22)28(29)30/h1-9,11-12,20,27H,10,15H2. The molecule has 1 unspecified atom stereocenters. The Morgan fingerprint density at radius 1 is 1.00 bits per heavy atom. The van der Waals surface area contributed by atoms with Crippen molar-refractivity contribution in [2.24, 2.45) is 0 Å². The molecular formula is C23H17FN4O2. The molecule has 0 fully saturated rings. The average molecular weight is 400 g/mol. The normalized spacial score (nSPS) is 11.2. The van der Waals surface area contributed by atoms with Crippen molar-refractivity contribution in [3.05, 3.63) is 105 Å². The highest BCUT2D eigenvalue weighted by atomic mass is 19.1. The van der Waals surface area contributed by atoms with E-state index < -0.39 is 4.92 Å². The molecule has 0 aromatic heterocycles. The van der Waals surface area contributed by atoms with Crippen LogP contribution in [0.15, 0.2) is 66.7 Å². The van der Waals surface area contributed by atoms with Gasteiger partial charge in [0.05, 0.1) is 16.1 Å². The molecule has 6 nitrogen and oxygen atoms in total. The van der Waals surface area contributed by atoms with E-state index in [1.807, 2.05) is 36.4 Å². The molecule has 0 heterocycles. The second kappa shape index (κ2) is 9.31. The van der Waals surface area contributed by atoms with Crippen LogP contribution in [0.2, 0.25) is 0 Å². The van der Waals surface area contributed by atoms with Crippen LogP contribution in [0.4, 0.5) is 15.8 Å². The summed E-state index contributed by atoms with van der Waals surface area (Å²) < 4.78 is 14.2. The summed E-state index contributed by atoms with van der Waals surface area (Å²) in [6, 6.07) is 22.0. The lowest BCUT2D eigenvalue weighted by Crippen LogP contribution is -2.16. The van der Waals surface area contributed by atoms with Crippen LogP contribution in [0, 0.1) is 38.6 Å². The maximum atomic E-state index is 14.2. The van der Waals surface area contributed by atoms with Gasteiger partial charge in [-0.1, -0.05) is 48.5 Å². The molecule has 3 aromatic carbocycles. The first kappa shape index (κ1) is 20.5. The highest BCUT2D eigenvalue weighted by Crippen LogP contribution is 2.30. The number of anilines is 1. The van der Waals surface area contributed by atoms with Crippen molar-refractivity contribution in [2.75, 3.05) is 11.9 Å². The summed E-state index contributed by atoms with van der Waals surface area (Å²) in [4.78, 5) is 10.9. The number of benzene rings is 3. The number of nitro groups is 1. The first-order chi connectivity index (χ1) is 14.5. The first-order valence-corrected chi connectivity index (χ1v) is 9.18. The third-order valence-electron chi connectivity index (χ3n) is 4.81. The Morgan fingerprint density at radius 3 is 2.27 bits per heavy atom. The van der Waals surface area contributed by atoms with Gasteiger partial charge in [0.1, 0.15) is 23.6 Å². The Labute approximate surface area is 173 Å². The van der Waals surface area contributed by atoms with Crippen molar-refractivity contribution in [3.63, 3.8) is 0 Å². The molecule has 0 saturated heterocycles. The van der Waals surface area contributed by atoms with Gasteiger partial charge in [-0.2, -0.15) is 10.5 Å².